The maximum Gasteiger partial charge on any atom is 0.430 e. The Bertz CT molecular complexity index is 744. The van der Waals surface area contributed by atoms with Gasteiger partial charge in [0, 0.05) is 5.92 Å². The SMILES string of the molecule is CC1(O)CCCC1c1ccc(C(=O)OC(O)C(F)(F)S(=O)(=O)O)cc1. The van der Waals surface area contributed by atoms with Gasteiger partial charge in [-0.15, -0.1) is 0 Å². The van der Waals surface area contributed by atoms with Gasteiger partial charge >= 0.3 is 21.3 Å². The smallest absolute Gasteiger partial charge is 0.424 e. The van der Waals surface area contributed by atoms with Crippen molar-refractivity contribution in [1.29, 1.82) is 0 Å². The van der Waals surface area contributed by atoms with Gasteiger partial charge in [0.2, 0.25) is 0 Å². The normalized spacial score (nSPS) is 25.6. The first-order chi connectivity index (χ1) is 11.4. The summed E-state index contributed by atoms with van der Waals surface area (Å²) in [5.74, 6) is -1.52. The highest BCUT2D eigenvalue weighted by molar-refractivity contribution is 7.86. The average Bonchev–Trinajstić information content (AvgIpc) is 2.85. The fourth-order valence-electron chi connectivity index (χ4n) is 2.89. The molecule has 1 aliphatic rings. The third kappa shape index (κ3) is 3.97. The van der Waals surface area contributed by atoms with E-state index in [4.69, 9.17) is 9.66 Å². The molecule has 1 aromatic rings. The molecule has 7 nitrogen and oxygen atoms in total. The molecule has 1 fully saturated rings. The second kappa shape index (κ2) is 6.60. The van der Waals surface area contributed by atoms with Gasteiger partial charge in [0.05, 0.1) is 11.2 Å². The van der Waals surface area contributed by atoms with Crippen LogP contribution < -0.4 is 0 Å². The zero-order valence-corrected chi connectivity index (χ0v) is 14.0. The van der Waals surface area contributed by atoms with E-state index in [0.29, 0.717) is 6.42 Å². The van der Waals surface area contributed by atoms with Crippen molar-refractivity contribution in [2.45, 2.75) is 49.2 Å². The van der Waals surface area contributed by atoms with Gasteiger partial charge in [0.1, 0.15) is 0 Å². The molecule has 0 heterocycles. The highest BCUT2D eigenvalue weighted by atomic mass is 32.2. The van der Waals surface area contributed by atoms with Crippen molar-refractivity contribution in [1.82, 2.24) is 0 Å². The summed E-state index contributed by atoms with van der Waals surface area (Å²) in [6.07, 6.45) is -1.11. The molecule has 1 aromatic carbocycles. The van der Waals surface area contributed by atoms with Crippen molar-refractivity contribution >= 4 is 16.1 Å². The van der Waals surface area contributed by atoms with Crippen LogP contribution in [0.4, 0.5) is 8.78 Å². The molecule has 0 saturated heterocycles. The maximum absolute atomic E-state index is 13.2. The van der Waals surface area contributed by atoms with Gasteiger partial charge in [0.15, 0.2) is 0 Å². The highest BCUT2D eigenvalue weighted by Crippen LogP contribution is 2.42. The third-order valence-electron chi connectivity index (χ3n) is 4.33. The van der Waals surface area contributed by atoms with E-state index in [1.54, 1.807) is 6.92 Å². The van der Waals surface area contributed by atoms with Crippen molar-refractivity contribution in [2.24, 2.45) is 0 Å². The summed E-state index contributed by atoms with van der Waals surface area (Å²) in [5, 5.41) is 14.3. The van der Waals surface area contributed by atoms with Crippen LogP contribution in [0.25, 0.3) is 0 Å². The molecule has 3 atom stereocenters. The number of carbonyl (C=O) groups excluding carboxylic acids is 1. The second-order valence-electron chi connectivity index (χ2n) is 6.22. The fraction of sp³-hybridized carbons (Fsp3) is 0.533. The van der Waals surface area contributed by atoms with Crippen LogP contribution in [-0.2, 0) is 14.9 Å². The number of hydrogen-bond donors (Lipinski definition) is 3. The summed E-state index contributed by atoms with van der Waals surface area (Å²) < 4.78 is 59.7. The number of aliphatic hydroxyl groups is 2. The molecule has 3 unspecified atom stereocenters. The second-order valence-corrected chi connectivity index (χ2v) is 7.71. The number of halogens is 2. The number of hydrogen-bond acceptors (Lipinski definition) is 6. The lowest BCUT2D eigenvalue weighted by atomic mass is 9.86. The van der Waals surface area contributed by atoms with Gasteiger partial charge in [0.25, 0.3) is 6.29 Å². The number of aliphatic hydroxyl groups excluding tert-OH is 1. The van der Waals surface area contributed by atoms with Gasteiger partial charge < -0.3 is 14.9 Å². The minimum absolute atomic E-state index is 0.132. The van der Waals surface area contributed by atoms with Crippen molar-refractivity contribution in [3.8, 4) is 0 Å². The Labute approximate surface area is 143 Å². The molecule has 0 bridgehead atoms. The number of ether oxygens (including phenoxy) is 1. The molecule has 0 aliphatic heterocycles. The van der Waals surface area contributed by atoms with Crippen LogP contribution in [0.5, 0.6) is 0 Å². The lowest BCUT2D eigenvalue weighted by molar-refractivity contribution is -0.168. The topological polar surface area (TPSA) is 121 Å². The molecule has 10 heteroatoms. The minimum Gasteiger partial charge on any atom is -0.424 e. The van der Waals surface area contributed by atoms with Crippen LogP contribution in [0.1, 0.15) is 48.0 Å². The fourth-order valence-corrected chi connectivity index (χ4v) is 3.19. The van der Waals surface area contributed by atoms with Crippen molar-refractivity contribution in [2.75, 3.05) is 0 Å². The number of benzene rings is 1. The Morgan fingerprint density at radius 1 is 1.36 bits per heavy atom. The molecule has 0 radical (unpaired) electrons. The Hall–Kier alpha value is -1.62. The Kier molecular flexibility index (Phi) is 5.20. The van der Waals surface area contributed by atoms with E-state index in [0.717, 1.165) is 18.4 Å². The van der Waals surface area contributed by atoms with E-state index >= 15 is 0 Å². The van der Waals surface area contributed by atoms with Gasteiger partial charge in [-0.2, -0.15) is 17.2 Å². The lowest BCUT2D eigenvalue weighted by Gasteiger charge is -2.26. The molecule has 2 rings (SSSR count). The van der Waals surface area contributed by atoms with Crippen molar-refractivity contribution in [3.05, 3.63) is 35.4 Å². The molecule has 0 aromatic heterocycles. The maximum atomic E-state index is 13.2. The number of rotatable bonds is 5. The van der Waals surface area contributed by atoms with Crippen LogP contribution in [0.2, 0.25) is 0 Å². The summed E-state index contributed by atoms with van der Waals surface area (Å²) in [6.45, 7) is 1.71. The van der Waals surface area contributed by atoms with E-state index in [9.17, 15) is 27.1 Å². The first kappa shape index (κ1) is 19.7. The molecular formula is C15H18F2O7S. The van der Waals surface area contributed by atoms with Crippen LogP contribution in [0.3, 0.4) is 0 Å². The first-order valence-electron chi connectivity index (χ1n) is 7.42. The molecule has 1 saturated carbocycles. The molecule has 3 N–H and O–H groups in total. The zero-order chi connectivity index (χ0) is 19.0. The minimum atomic E-state index is -5.95. The van der Waals surface area contributed by atoms with E-state index in [-0.39, 0.29) is 11.5 Å². The summed E-state index contributed by atoms with van der Waals surface area (Å²) >= 11 is 0. The van der Waals surface area contributed by atoms with Crippen LogP contribution >= 0.6 is 0 Å². The van der Waals surface area contributed by atoms with Gasteiger partial charge in [-0.3, -0.25) is 4.55 Å². The Morgan fingerprint density at radius 3 is 2.36 bits per heavy atom. The number of carbonyl (C=O) groups is 1. The van der Waals surface area contributed by atoms with Crippen LogP contribution in [-0.4, -0.2) is 46.3 Å². The largest absolute Gasteiger partial charge is 0.430 e. The van der Waals surface area contributed by atoms with E-state index < -0.39 is 33.2 Å². The van der Waals surface area contributed by atoms with E-state index in [1.807, 2.05) is 0 Å². The lowest BCUT2D eigenvalue weighted by Crippen LogP contribution is -2.43. The number of alkyl halides is 2. The molecule has 25 heavy (non-hydrogen) atoms. The summed E-state index contributed by atoms with van der Waals surface area (Å²) in [6, 6.07) is 5.55. The summed E-state index contributed by atoms with van der Waals surface area (Å²) in [4.78, 5) is 11.7. The predicted octanol–water partition coefficient (Wildman–Crippen LogP) is 1.66. The zero-order valence-electron chi connectivity index (χ0n) is 13.2. The monoisotopic (exact) mass is 380 g/mol. The Balaban J connectivity index is 2.11. The summed E-state index contributed by atoms with van der Waals surface area (Å²) in [7, 11) is -5.95. The van der Waals surface area contributed by atoms with Gasteiger partial charge in [-0.1, -0.05) is 12.1 Å². The summed E-state index contributed by atoms with van der Waals surface area (Å²) in [5.41, 5.74) is -0.329. The quantitative estimate of drug-likeness (QED) is 0.403. The highest BCUT2D eigenvalue weighted by Gasteiger charge is 2.54. The predicted molar refractivity (Wildman–Crippen MR) is 81.6 cm³/mol. The van der Waals surface area contributed by atoms with E-state index in [2.05, 4.69) is 4.74 Å². The molecule has 1 aliphatic carbocycles. The molecule has 0 amide bonds. The average molecular weight is 380 g/mol. The molecular weight excluding hydrogens is 362 g/mol. The van der Waals surface area contributed by atoms with Crippen molar-refractivity contribution in [3.63, 3.8) is 0 Å². The Morgan fingerprint density at radius 2 is 1.92 bits per heavy atom. The van der Waals surface area contributed by atoms with Crippen LogP contribution in [0, 0.1) is 0 Å². The standard InChI is InChI=1S/C15H18F2O7S/c1-14(20)8-2-3-11(14)9-4-6-10(7-5-9)12(18)24-13(19)15(16,17)25(21,22)23/h4-7,11,13,19-20H,2-3,8H2,1H3,(H,21,22,23). The third-order valence-corrected chi connectivity index (χ3v) is 5.21. The van der Waals surface area contributed by atoms with E-state index in [1.165, 1.54) is 24.3 Å². The van der Waals surface area contributed by atoms with Crippen LogP contribution in [0.15, 0.2) is 24.3 Å². The first-order valence-corrected chi connectivity index (χ1v) is 8.86. The molecule has 140 valence electrons. The molecule has 0 spiro atoms. The number of esters is 1. The van der Waals surface area contributed by atoms with Crippen molar-refractivity contribution < 1.29 is 41.5 Å². The van der Waals surface area contributed by atoms with Gasteiger partial charge in [-0.05, 0) is 43.9 Å². The van der Waals surface area contributed by atoms with Gasteiger partial charge in [-0.25, -0.2) is 4.79 Å².